The van der Waals surface area contributed by atoms with E-state index in [0.717, 1.165) is 6.20 Å². The number of carbonyl (C=O) groups excluding carboxylic acids is 1. The van der Waals surface area contributed by atoms with Crippen molar-refractivity contribution in [2.24, 2.45) is 5.73 Å². The van der Waals surface area contributed by atoms with Gasteiger partial charge in [0.25, 0.3) is 0 Å². The molecule has 1 unspecified atom stereocenters. The van der Waals surface area contributed by atoms with Crippen LogP contribution in [0.15, 0.2) is 18.5 Å². The van der Waals surface area contributed by atoms with Crippen LogP contribution in [0.5, 0.6) is 0 Å². The highest BCUT2D eigenvalue weighted by molar-refractivity contribution is 5.96. The molecule has 1 amide bonds. The van der Waals surface area contributed by atoms with Crippen LogP contribution in [0.2, 0.25) is 0 Å². The number of carboxylic acids is 1. The first kappa shape index (κ1) is 12.1. The van der Waals surface area contributed by atoms with Gasteiger partial charge in [-0.3, -0.25) is 14.6 Å². The number of nitrogens with two attached hydrogens (primary N) is 1. The summed E-state index contributed by atoms with van der Waals surface area (Å²) in [4.78, 5) is 25.1. The lowest BCUT2D eigenvalue weighted by Gasteiger charge is -2.10. The number of aliphatic carboxylic acids is 1. The molecule has 7 heteroatoms. The Labute approximate surface area is 90.3 Å². The van der Waals surface area contributed by atoms with E-state index in [-0.39, 0.29) is 5.69 Å². The number of nitrogens with one attached hydrogen (secondary N) is 1. The van der Waals surface area contributed by atoms with Crippen LogP contribution in [0.25, 0.3) is 0 Å². The number of aromatic nitrogens is 1. The monoisotopic (exact) mass is 227 g/mol. The number of pyridine rings is 1. The zero-order valence-corrected chi connectivity index (χ0v) is 8.18. The van der Waals surface area contributed by atoms with Gasteiger partial charge in [-0.1, -0.05) is 0 Å². The van der Waals surface area contributed by atoms with Crippen LogP contribution in [-0.4, -0.2) is 28.0 Å². The fourth-order valence-corrected chi connectivity index (χ4v) is 0.983. The molecule has 1 aromatic rings. The molecule has 0 saturated carbocycles. The predicted octanol–water partition coefficient (Wildman–Crippen LogP) is -0.0388. The summed E-state index contributed by atoms with van der Waals surface area (Å²) in [6.07, 6.45) is 1.71. The van der Waals surface area contributed by atoms with Crippen LogP contribution in [0, 0.1) is 5.82 Å². The number of carbonyl (C=O) groups is 2. The van der Waals surface area contributed by atoms with Gasteiger partial charge in [0, 0.05) is 6.20 Å². The molecule has 1 heterocycles. The van der Waals surface area contributed by atoms with Crippen molar-refractivity contribution < 1.29 is 19.1 Å². The van der Waals surface area contributed by atoms with E-state index in [1.54, 1.807) is 0 Å². The Morgan fingerprint density at radius 1 is 1.62 bits per heavy atom. The number of amides is 1. The third-order valence-corrected chi connectivity index (χ3v) is 1.76. The van der Waals surface area contributed by atoms with Crippen LogP contribution in [0.4, 0.5) is 10.1 Å². The topological polar surface area (TPSA) is 105 Å². The molecule has 1 rings (SSSR count). The molecule has 0 aliphatic carbocycles. The lowest BCUT2D eigenvalue weighted by Crippen LogP contribution is -2.37. The highest BCUT2D eigenvalue weighted by Crippen LogP contribution is 2.11. The van der Waals surface area contributed by atoms with Crippen molar-refractivity contribution in [1.29, 1.82) is 0 Å². The van der Waals surface area contributed by atoms with E-state index < -0.39 is 30.2 Å². The number of nitrogens with zero attached hydrogens (tertiary/aromatic N) is 1. The zero-order valence-electron chi connectivity index (χ0n) is 8.18. The van der Waals surface area contributed by atoms with E-state index >= 15 is 0 Å². The summed E-state index contributed by atoms with van der Waals surface area (Å²) >= 11 is 0. The molecule has 0 saturated heterocycles. The van der Waals surface area contributed by atoms with Gasteiger partial charge in [0.05, 0.1) is 24.3 Å². The molecule has 0 aliphatic rings. The summed E-state index contributed by atoms with van der Waals surface area (Å²) in [7, 11) is 0. The number of rotatable bonds is 4. The standard InChI is InChI=1S/C9H10FN3O3/c10-5-4-12-2-1-7(5)13-9(16)6(11)3-8(14)15/h1-2,4,6H,3,11H2,(H,14,15)(H,12,13,16). The summed E-state index contributed by atoms with van der Waals surface area (Å²) in [6, 6.07) is 0.0332. The van der Waals surface area contributed by atoms with Crippen molar-refractivity contribution >= 4 is 17.6 Å². The minimum absolute atomic E-state index is 0.0826. The predicted molar refractivity (Wildman–Crippen MR) is 53.1 cm³/mol. The number of halogens is 1. The Balaban J connectivity index is 2.64. The van der Waals surface area contributed by atoms with E-state index in [0.29, 0.717) is 0 Å². The summed E-state index contributed by atoms with van der Waals surface area (Å²) in [5, 5.41) is 10.6. The SMILES string of the molecule is NC(CC(=O)O)C(=O)Nc1ccncc1F. The van der Waals surface area contributed by atoms with Crippen molar-refractivity contribution in [2.45, 2.75) is 12.5 Å². The number of carboxylic acid groups (broad SMARTS) is 1. The van der Waals surface area contributed by atoms with Gasteiger partial charge in [0.2, 0.25) is 5.91 Å². The molecule has 0 spiro atoms. The Morgan fingerprint density at radius 3 is 2.88 bits per heavy atom. The van der Waals surface area contributed by atoms with Crippen molar-refractivity contribution in [3.63, 3.8) is 0 Å². The van der Waals surface area contributed by atoms with Crippen LogP contribution < -0.4 is 11.1 Å². The zero-order chi connectivity index (χ0) is 12.1. The molecule has 6 nitrogen and oxygen atoms in total. The maximum Gasteiger partial charge on any atom is 0.305 e. The smallest absolute Gasteiger partial charge is 0.305 e. The quantitative estimate of drug-likeness (QED) is 0.669. The Hall–Kier alpha value is -2.02. The highest BCUT2D eigenvalue weighted by atomic mass is 19.1. The van der Waals surface area contributed by atoms with E-state index in [1.165, 1.54) is 12.3 Å². The second-order valence-corrected chi connectivity index (χ2v) is 3.05. The first-order valence-electron chi connectivity index (χ1n) is 4.38. The number of hydrogen-bond donors (Lipinski definition) is 3. The van der Waals surface area contributed by atoms with Gasteiger partial charge < -0.3 is 16.2 Å². The fourth-order valence-electron chi connectivity index (χ4n) is 0.983. The highest BCUT2D eigenvalue weighted by Gasteiger charge is 2.18. The van der Waals surface area contributed by atoms with Crippen molar-refractivity contribution in [3.05, 3.63) is 24.3 Å². The largest absolute Gasteiger partial charge is 0.481 e. The first-order chi connectivity index (χ1) is 7.50. The second-order valence-electron chi connectivity index (χ2n) is 3.05. The van der Waals surface area contributed by atoms with Crippen molar-refractivity contribution in [1.82, 2.24) is 4.98 Å². The van der Waals surface area contributed by atoms with Gasteiger partial charge in [-0.2, -0.15) is 0 Å². The van der Waals surface area contributed by atoms with E-state index in [1.807, 2.05) is 0 Å². The average molecular weight is 227 g/mol. The van der Waals surface area contributed by atoms with Crippen molar-refractivity contribution in [2.75, 3.05) is 5.32 Å². The minimum atomic E-state index is -1.22. The summed E-state index contributed by atoms with van der Waals surface area (Å²) < 4.78 is 13.0. The molecule has 0 bridgehead atoms. The van der Waals surface area contributed by atoms with Gasteiger partial charge in [-0.15, -0.1) is 0 Å². The molecule has 1 atom stereocenters. The van der Waals surface area contributed by atoms with Crippen LogP contribution in [-0.2, 0) is 9.59 Å². The Kier molecular flexibility index (Phi) is 3.90. The van der Waals surface area contributed by atoms with Gasteiger partial charge in [0.1, 0.15) is 0 Å². The van der Waals surface area contributed by atoms with Gasteiger partial charge >= 0.3 is 5.97 Å². The lowest BCUT2D eigenvalue weighted by molar-refractivity contribution is -0.138. The average Bonchev–Trinajstić information content (AvgIpc) is 2.20. The maximum atomic E-state index is 13.0. The van der Waals surface area contributed by atoms with Gasteiger partial charge in [-0.05, 0) is 6.07 Å². The van der Waals surface area contributed by atoms with Crippen LogP contribution >= 0.6 is 0 Å². The second kappa shape index (κ2) is 5.17. The summed E-state index contributed by atoms with van der Waals surface area (Å²) in [6.45, 7) is 0. The van der Waals surface area contributed by atoms with Crippen LogP contribution in [0.1, 0.15) is 6.42 Å². The third-order valence-electron chi connectivity index (χ3n) is 1.76. The van der Waals surface area contributed by atoms with Crippen LogP contribution in [0.3, 0.4) is 0 Å². The molecule has 1 aromatic heterocycles. The van der Waals surface area contributed by atoms with E-state index in [4.69, 9.17) is 10.8 Å². The molecular formula is C9H10FN3O3. The van der Waals surface area contributed by atoms with E-state index in [9.17, 15) is 14.0 Å². The Bertz CT molecular complexity index is 411. The normalized spacial score (nSPS) is 11.9. The summed E-state index contributed by atoms with van der Waals surface area (Å²) in [5.74, 6) is -2.66. The molecule has 0 fully saturated rings. The third kappa shape index (κ3) is 3.28. The fraction of sp³-hybridized carbons (Fsp3) is 0.222. The minimum Gasteiger partial charge on any atom is -0.481 e. The molecule has 0 radical (unpaired) electrons. The molecule has 0 aromatic carbocycles. The number of hydrogen-bond acceptors (Lipinski definition) is 4. The molecule has 86 valence electrons. The first-order valence-corrected chi connectivity index (χ1v) is 4.38. The lowest BCUT2D eigenvalue weighted by atomic mass is 10.2. The molecule has 16 heavy (non-hydrogen) atoms. The summed E-state index contributed by atoms with van der Waals surface area (Å²) in [5.41, 5.74) is 5.20. The van der Waals surface area contributed by atoms with Gasteiger partial charge in [0.15, 0.2) is 5.82 Å². The Morgan fingerprint density at radius 2 is 2.31 bits per heavy atom. The van der Waals surface area contributed by atoms with Gasteiger partial charge in [-0.25, -0.2) is 4.39 Å². The molecular weight excluding hydrogens is 217 g/mol. The molecule has 0 aliphatic heterocycles. The van der Waals surface area contributed by atoms with E-state index in [2.05, 4.69) is 10.3 Å². The van der Waals surface area contributed by atoms with Crippen molar-refractivity contribution in [3.8, 4) is 0 Å². The maximum absolute atomic E-state index is 13.0. The molecule has 4 N–H and O–H groups in total. The number of anilines is 1.